The molecule has 1 aliphatic rings. The van der Waals surface area contributed by atoms with Crippen molar-refractivity contribution in [3.63, 3.8) is 0 Å². The number of fused-ring (bicyclic) bond motifs is 1. The summed E-state index contributed by atoms with van der Waals surface area (Å²) in [6, 6.07) is 13.8. The number of rotatable bonds is 6. The number of amides is 1. The van der Waals surface area contributed by atoms with Crippen LogP contribution >= 0.6 is 0 Å². The predicted octanol–water partition coefficient (Wildman–Crippen LogP) is 2.71. The molecule has 0 unspecified atom stereocenters. The molecule has 0 bridgehead atoms. The Morgan fingerprint density at radius 1 is 1.03 bits per heavy atom. The molecular weight excluding hydrogens is 380 g/mol. The molecule has 156 valence electrons. The molecule has 1 fully saturated rings. The van der Waals surface area contributed by atoms with Crippen LogP contribution in [0.4, 0.5) is 0 Å². The Bertz CT molecular complexity index is 1020. The number of piperazine rings is 1. The van der Waals surface area contributed by atoms with Crippen LogP contribution in [0.3, 0.4) is 0 Å². The van der Waals surface area contributed by atoms with E-state index in [-0.39, 0.29) is 5.91 Å². The number of carbonyl (C=O) groups is 1. The minimum absolute atomic E-state index is 0.0252. The number of methoxy groups -OCH3 is 2. The van der Waals surface area contributed by atoms with Crippen LogP contribution in [0.15, 0.2) is 54.7 Å². The summed E-state index contributed by atoms with van der Waals surface area (Å²) in [6.45, 7) is 3.89. The molecule has 0 spiro atoms. The molecule has 0 N–H and O–H groups in total. The number of hydrogen-bond acceptors (Lipinski definition) is 5. The van der Waals surface area contributed by atoms with E-state index in [4.69, 9.17) is 9.47 Å². The zero-order valence-corrected chi connectivity index (χ0v) is 17.3. The molecule has 1 saturated heterocycles. The Labute approximate surface area is 176 Å². The summed E-state index contributed by atoms with van der Waals surface area (Å²) in [6.07, 6.45) is 5.40. The SMILES string of the molecule is COc1ccc(C=CC(=O)N2CCN(Cc3cc4ccccn4n3)CC2)cc1OC. The van der Waals surface area contributed by atoms with Gasteiger partial charge in [0, 0.05) is 45.0 Å². The number of benzene rings is 1. The minimum Gasteiger partial charge on any atom is -0.493 e. The lowest BCUT2D eigenvalue weighted by molar-refractivity contribution is -0.127. The smallest absolute Gasteiger partial charge is 0.246 e. The van der Waals surface area contributed by atoms with Crippen LogP contribution in [0.1, 0.15) is 11.3 Å². The number of aromatic nitrogens is 2. The molecule has 7 heteroatoms. The van der Waals surface area contributed by atoms with Crippen molar-refractivity contribution in [2.75, 3.05) is 40.4 Å². The number of nitrogens with zero attached hydrogens (tertiary/aromatic N) is 4. The van der Waals surface area contributed by atoms with E-state index in [0.717, 1.165) is 36.4 Å². The summed E-state index contributed by atoms with van der Waals surface area (Å²) < 4.78 is 12.5. The molecule has 0 atom stereocenters. The van der Waals surface area contributed by atoms with Crippen LogP contribution in [0.25, 0.3) is 11.6 Å². The number of hydrogen-bond donors (Lipinski definition) is 0. The highest BCUT2D eigenvalue weighted by molar-refractivity contribution is 5.92. The normalized spacial score (nSPS) is 15.1. The van der Waals surface area contributed by atoms with Gasteiger partial charge in [-0.1, -0.05) is 12.1 Å². The van der Waals surface area contributed by atoms with E-state index >= 15 is 0 Å². The third kappa shape index (κ3) is 4.46. The van der Waals surface area contributed by atoms with Gasteiger partial charge in [-0.3, -0.25) is 9.69 Å². The average molecular weight is 406 g/mol. The van der Waals surface area contributed by atoms with E-state index in [1.54, 1.807) is 20.3 Å². The molecule has 0 saturated carbocycles. The van der Waals surface area contributed by atoms with E-state index < -0.39 is 0 Å². The summed E-state index contributed by atoms with van der Waals surface area (Å²) in [5.41, 5.74) is 3.04. The van der Waals surface area contributed by atoms with Gasteiger partial charge in [0.2, 0.25) is 5.91 Å². The maximum absolute atomic E-state index is 12.6. The highest BCUT2D eigenvalue weighted by atomic mass is 16.5. The Balaban J connectivity index is 1.31. The second-order valence-corrected chi connectivity index (χ2v) is 7.25. The lowest BCUT2D eigenvalue weighted by atomic mass is 10.2. The van der Waals surface area contributed by atoms with Crippen molar-refractivity contribution in [1.29, 1.82) is 0 Å². The average Bonchev–Trinajstić information content (AvgIpc) is 3.20. The van der Waals surface area contributed by atoms with Crippen molar-refractivity contribution in [3.05, 3.63) is 66.0 Å². The van der Waals surface area contributed by atoms with Crippen LogP contribution in [-0.2, 0) is 11.3 Å². The van der Waals surface area contributed by atoms with Crippen molar-refractivity contribution in [2.24, 2.45) is 0 Å². The fraction of sp³-hybridized carbons (Fsp3) is 0.304. The summed E-state index contributed by atoms with van der Waals surface area (Å²) in [5.74, 6) is 1.34. The third-order valence-electron chi connectivity index (χ3n) is 5.32. The molecule has 0 aliphatic carbocycles. The van der Waals surface area contributed by atoms with Crippen molar-refractivity contribution >= 4 is 17.5 Å². The van der Waals surface area contributed by atoms with Gasteiger partial charge in [-0.25, -0.2) is 4.52 Å². The molecule has 2 aromatic heterocycles. The summed E-state index contributed by atoms with van der Waals surface area (Å²) in [5, 5.41) is 4.61. The second-order valence-electron chi connectivity index (χ2n) is 7.25. The highest BCUT2D eigenvalue weighted by Gasteiger charge is 2.20. The summed E-state index contributed by atoms with van der Waals surface area (Å²) >= 11 is 0. The van der Waals surface area contributed by atoms with Crippen molar-refractivity contribution < 1.29 is 14.3 Å². The molecule has 4 rings (SSSR count). The van der Waals surface area contributed by atoms with E-state index in [9.17, 15) is 4.79 Å². The van der Waals surface area contributed by atoms with Gasteiger partial charge in [-0.15, -0.1) is 0 Å². The summed E-state index contributed by atoms with van der Waals surface area (Å²) in [7, 11) is 3.20. The van der Waals surface area contributed by atoms with Gasteiger partial charge in [-0.2, -0.15) is 5.10 Å². The number of carbonyl (C=O) groups excluding carboxylic acids is 1. The number of pyridine rings is 1. The molecule has 1 aromatic carbocycles. The topological polar surface area (TPSA) is 59.3 Å². The van der Waals surface area contributed by atoms with E-state index in [1.807, 2.05) is 52.0 Å². The molecule has 1 aliphatic heterocycles. The van der Waals surface area contributed by atoms with Gasteiger partial charge in [-0.05, 0) is 42.0 Å². The molecule has 1 amide bonds. The number of ether oxygens (including phenoxy) is 2. The molecular formula is C23H26N4O3. The third-order valence-corrected chi connectivity index (χ3v) is 5.32. The molecule has 3 aromatic rings. The lowest BCUT2D eigenvalue weighted by Crippen LogP contribution is -2.47. The van der Waals surface area contributed by atoms with Crippen LogP contribution in [-0.4, -0.2) is 65.7 Å². The largest absolute Gasteiger partial charge is 0.493 e. The van der Waals surface area contributed by atoms with Gasteiger partial charge in [0.15, 0.2) is 11.5 Å². The Kier molecular flexibility index (Phi) is 5.99. The summed E-state index contributed by atoms with van der Waals surface area (Å²) in [4.78, 5) is 16.8. The Morgan fingerprint density at radius 2 is 1.83 bits per heavy atom. The zero-order chi connectivity index (χ0) is 20.9. The first-order chi connectivity index (χ1) is 14.7. The van der Waals surface area contributed by atoms with E-state index in [2.05, 4.69) is 22.1 Å². The van der Waals surface area contributed by atoms with Crippen molar-refractivity contribution in [1.82, 2.24) is 19.4 Å². The van der Waals surface area contributed by atoms with Gasteiger partial charge >= 0.3 is 0 Å². The van der Waals surface area contributed by atoms with Gasteiger partial charge < -0.3 is 14.4 Å². The fourth-order valence-corrected chi connectivity index (χ4v) is 3.65. The predicted molar refractivity (Wildman–Crippen MR) is 116 cm³/mol. The van der Waals surface area contributed by atoms with Crippen molar-refractivity contribution in [3.8, 4) is 11.5 Å². The lowest BCUT2D eigenvalue weighted by Gasteiger charge is -2.33. The molecule has 0 radical (unpaired) electrons. The zero-order valence-electron chi connectivity index (χ0n) is 17.3. The monoisotopic (exact) mass is 406 g/mol. The second kappa shape index (κ2) is 9.00. The Morgan fingerprint density at radius 3 is 2.57 bits per heavy atom. The molecule has 3 heterocycles. The standard InChI is InChI=1S/C23H26N4O3/c1-29-21-8-6-18(15-22(21)30-2)7-9-23(28)26-13-11-25(12-14-26)17-19-16-20-5-3-4-10-27(20)24-19/h3-10,15-16H,11-14,17H2,1-2H3. The van der Waals surface area contributed by atoms with Gasteiger partial charge in [0.05, 0.1) is 25.4 Å². The minimum atomic E-state index is 0.0252. The van der Waals surface area contributed by atoms with Crippen molar-refractivity contribution in [2.45, 2.75) is 6.54 Å². The molecule has 7 nitrogen and oxygen atoms in total. The first-order valence-electron chi connectivity index (χ1n) is 10.0. The maximum Gasteiger partial charge on any atom is 0.246 e. The van der Waals surface area contributed by atoms with Gasteiger partial charge in [0.25, 0.3) is 0 Å². The van der Waals surface area contributed by atoms with Crippen LogP contribution in [0.2, 0.25) is 0 Å². The first-order valence-corrected chi connectivity index (χ1v) is 10.0. The fourth-order valence-electron chi connectivity index (χ4n) is 3.65. The van der Waals surface area contributed by atoms with E-state index in [1.165, 1.54) is 0 Å². The van der Waals surface area contributed by atoms with Gasteiger partial charge in [0.1, 0.15) is 0 Å². The van der Waals surface area contributed by atoms with Crippen LogP contribution < -0.4 is 9.47 Å². The van der Waals surface area contributed by atoms with Crippen LogP contribution in [0.5, 0.6) is 11.5 Å². The Hall–Kier alpha value is -3.32. The highest BCUT2D eigenvalue weighted by Crippen LogP contribution is 2.28. The molecule has 30 heavy (non-hydrogen) atoms. The van der Waals surface area contributed by atoms with E-state index in [0.29, 0.717) is 24.6 Å². The first kappa shape index (κ1) is 20.0. The maximum atomic E-state index is 12.6. The quantitative estimate of drug-likeness (QED) is 0.589. The van der Waals surface area contributed by atoms with Crippen LogP contribution in [0, 0.1) is 0 Å².